The third-order valence-electron chi connectivity index (χ3n) is 3.98. The first-order valence-corrected chi connectivity index (χ1v) is 6.69. The summed E-state index contributed by atoms with van der Waals surface area (Å²) in [7, 11) is 0. The van der Waals surface area contributed by atoms with Gasteiger partial charge in [-0.3, -0.25) is 0 Å². The van der Waals surface area contributed by atoms with Gasteiger partial charge in [-0.15, -0.1) is 0 Å². The summed E-state index contributed by atoms with van der Waals surface area (Å²) in [4.78, 5) is 0. The van der Waals surface area contributed by atoms with Crippen molar-refractivity contribution < 1.29 is 4.74 Å². The second-order valence-electron chi connectivity index (χ2n) is 5.44. The molecule has 1 saturated carbocycles. The van der Waals surface area contributed by atoms with Gasteiger partial charge < -0.3 is 10.5 Å². The van der Waals surface area contributed by atoms with Crippen LogP contribution in [0.15, 0.2) is 6.07 Å². The highest BCUT2D eigenvalue weighted by Gasteiger charge is 2.38. The van der Waals surface area contributed by atoms with Gasteiger partial charge in [-0.1, -0.05) is 11.6 Å². The van der Waals surface area contributed by atoms with Crippen LogP contribution in [0.4, 0.5) is 0 Å². The lowest BCUT2D eigenvalue weighted by atomic mass is 9.92. The highest BCUT2D eigenvalue weighted by Crippen LogP contribution is 2.41. The Morgan fingerprint density at radius 1 is 1.47 bits per heavy atom. The number of halogens is 1. The Balaban J connectivity index is 2.01. The zero-order valence-electron chi connectivity index (χ0n) is 10.2. The second kappa shape index (κ2) is 3.89. The van der Waals surface area contributed by atoms with Gasteiger partial charge in [-0.25, -0.2) is 0 Å². The molecule has 3 rings (SSSR count). The SMILES string of the molecule is Cc1c(CC2(N)CC2)cc(Cl)c2c1CCCO2. The monoisotopic (exact) mass is 251 g/mol. The molecule has 0 spiro atoms. The highest BCUT2D eigenvalue weighted by atomic mass is 35.5. The van der Waals surface area contributed by atoms with E-state index in [1.165, 1.54) is 16.7 Å². The summed E-state index contributed by atoms with van der Waals surface area (Å²) < 4.78 is 5.67. The minimum Gasteiger partial charge on any atom is -0.492 e. The Morgan fingerprint density at radius 3 is 2.94 bits per heavy atom. The average Bonchev–Trinajstić information content (AvgIpc) is 3.04. The number of benzene rings is 1. The highest BCUT2D eigenvalue weighted by molar-refractivity contribution is 6.32. The lowest BCUT2D eigenvalue weighted by Crippen LogP contribution is -2.25. The molecule has 1 aliphatic heterocycles. The van der Waals surface area contributed by atoms with Crippen molar-refractivity contribution in [2.24, 2.45) is 5.73 Å². The van der Waals surface area contributed by atoms with Crippen LogP contribution in [0.2, 0.25) is 5.02 Å². The van der Waals surface area contributed by atoms with Crippen LogP contribution in [-0.2, 0) is 12.8 Å². The number of rotatable bonds is 2. The molecule has 2 nitrogen and oxygen atoms in total. The molecule has 1 aromatic rings. The van der Waals surface area contributed by atoms with Crippen LogP contribution in [-0.4, -0.2) is 12.1 Å². The van der Waals surface area contributed by atoms with Gasteiger partial charge in [0.2, 0.25) is 0 Å². The van der Waals surface area contributed by atoms with Gasteiger partial charge in [0.05, 0.1) is 11.6 Å². The van der Waals surface area contributed by atoms with Crippen molar-refractivity contribution in [3.05, 3.63) is 27.8 Å². The van der Waals surface area contributed by atoms with Crippen molar-refractivity contribution >= 4 is 11.6 Å². The average molecular weight is 252 g/mol. The summed E-state index contributed by atoms with van der Waals surface area (Å²) in [6.07, 6.45) is 5.38. The maximum absolute atomic E-state index is 6.30. The molecule has 92 valence electrons. The first-order chi connectivity index (χ1) is 8.09. The minimum atomic E-state index is 0.0395. The van der Waals surface area contributed by atoms with Gasteiger partial charge in [-0.05, 0) is 61.8 Å². The molecular weight excluding hydrogens is 234 g/mol. The Morgan fingerprint density at radius 2 is 2.24 bits per heavy atom. The predicted octanol–water partition coefficient (Wildman–Crippen LogP) is 3.01. The summed E-state index contributed by atoms with van der Waals surface area (Å²) in [6, 6.07) is 2.05. The number of nitrogens with two attached hydrogens (primary N) is 1. The van der Waals surface area contributed by atoms with E-state index in [1.54, 1.807) is 0 Å². The maximum atomic E-state index is 6.30. The topological polar surface area (TPSA) is 35.2 Å². The molecule has 0 atom stereocenters. The zero-order valence-corrected chi connectivity index (χ0v) is 10.9. The second-order valence-corrected chi connectivity index (χ2v) is 5.85. The third-order valence-corrected chi connectivity index (χ3v) is 4.26. The van der Waals surface area contributed by atoms with E-state index in [-0.39, 0.29) is 5.54 Å². The van der Waals surface area contributed by atoms with E-state index in [0.29, 0.717) is 0 Å². The fraction of sp³-hybridized carbons (Fsp3) is 0.571. The zero-order chi connectivity index (χ0) is 12.0. The lowest BCUT2D eigenvalue weighted by molar-refractivity contribution is 0.288. The molecule has 17 heavy (non-hydrogen) atoms. The quantitative estimate of drug-likeness (QED) is 0.877. The fourth-order valence-corrected chi connectivity index (χ4v) is 2.92. The van der Waals surface area contributed by atoms with E-state index in [1.807, 2.05) is 6.07 Å². The summed E-state index contributed by atoms with van der Waals surface area (Å²) in [6.45, 7) is 2.96. The van der Waals surface area contributed by atoms with E-state index in [4.69, 9.17) is 22.1 Å². The van der Waals surface area contributed by atoms with E-state index < -0.39 is 0 Å². The summed E-state index contributed by atoms with van der Waals surface area (Å²) in [5.74, 6) is 0.904. The van der Waals surface area contributed by atoms with Crippen LogP contribution in [0.5, 0.6) is 5.75 Å². The molecule has 0 amide bonds. The molecular formula is C14H18ClNO. The van der Waals surface area contributed by atoms with Gasteiger partial charge in [0, 0.05) is 5.54 Å². The lowest BCUT2D eigenvalue weighted by Gasteiger charge is -2.23. The molecule has 0 bridgehead atoms. The third kappa shape index (κ3) is 2.04. The van der Waals surface area contributed by atoms with E-state index in [9.17, 15) is 0 Å². The van der Waals surface area contributed by atoms with Crippen molar-refractivity contribution in [3.63, 3.8) is 0 Å². The van der Waals surface area contributed by atoms with Crippen LogP contribution < -0.4 is 10.5 Å². The van der Waals surface area contributed by atoms with E-state index in [2.05, 4.69) is 6.92 Å². The Hall–Kier alpha value is -0.730. The van der Waals surface area contributed by atoms with Crippen molar-refractivity contribution in [1.29, 1.82) is 0 Å². The summed E-state index contributed by atoms with van der Waals surface area (Å²) in [5.41, 5.74) is 10.2. The maximum Gasteiger partial charge on any atom is 0.141 e. The number of hydrogen-bond donors (Lipinski definition) is 1. The molecule has 1 aliphatic carbocycles. The van der Waals surface area contributed by atoms with Gasteiger partial charge in [0.15, 0.2) is 0 Å². The Labute approximate surface area is 107 Å². The molecule has 2 N–H and O–H groups in total. The van der Waals surface area contributed by atoms with Crippen molar-refractivity contribution in [1.82, 2.24) is 0 Å². The predicted molar refractivity (Wildman–Crippen MR) is 69.9 cm³/mol. The van der Waals surface area contributed by atoms with Crippen molar-refractivity contribution in [3.8, 4) is 5.75 Å². The van der Waals surface area contributed by atoms with Crippen LogP contribution in [0, 0.1) is 6.92 Å². The van der Waals surface area contributed by atoms with Gasteiger partial charge in [0.1, 0.15) is 5.75 Å². The first-order valence-electron chi connectivity index (χ1n) is 6.32. The molecule has 2 aliphatic rings. The van der Waals surface area contributed by atoms with E-state index in [0.717, 1.165) is 49.5 Å². The standard InChI is InChI=1S/C14H18ClNO/c1-9-10(8-14(16)4-5-14)7-12(15)13-11(9)3-2-6-17-13/h7H,2-6,8,16H2,1H3. The summed E-state index contributed by atoms with van der Waals surface area (Å²) in [5, 5.41) is 0.754. The first kappa shape index (κ1) is 11.4. The number of fused-ring (bicyclic) bond motifs is 1. The molecule has 0 unspecified atom stereocenters. The smallest absolute Gasteiger partial charge is 0.141 e. The fourth-order valence-electron chi connectivity index (χ4n) is 2.62. The number of hydrogen-bond acceptors (Lipinski definition) is 2. The van der Waals surface area contributed by atoms with Crippen LogP contribution in [0.1, 0.15) is 36.0 Å². The van der Waals surface area contributed by atoms with Gasteiger partial charge in [0.25, 0.3) is 0 Å². The normalized spacial score (nSPS) is 20.6. The molecule has 3 heteroatoms. The van der Waals surface area contributed by atoms with Crippen LogP contribution in [0.25, 0.3) is 0 Å². The molecule has 1 aromatic carbocycles. The molecule has 0 radical (unpaired) electrons. The number of ether oxygens (including phenoxy) is 1. The van der Waals surface area contributed by atoms with Crippen LogP contribution in [0.3, 0.4) is 0 Å². The largest absolute Gasteiger partial charge is 0.492 e. The molecule has 1 heterocycles. The van der Waals surface area contributed by atoms with Crippen LogP contribution >= 0.6 is 11.6 Å². The molecule has 0 aromatic heterocycles. The molecule has 1 fully saturated rings. The Bertz CT molecular complexity index is 466. The van der Waals surface area contributed by atoms with Crippen molar-refractivity contribution in [2.45, 2.75) is 44.6 Å². The molecule has 0 saturated heterocycles. The summed E-state index contributed by atoms with van der Waals surface area (Å²) >= 11 is 6.30. The van der Waals surface area contributed by atoms with Gasteiger partial charge in [-0.2, -0.15) is 0 Å². The minimum absolute atomic E-state index is 0.0395. The van der Waals surface area contributed by atoms with Gasteiger partial charge >= 0.3 is 0 Å². The Kier molecular flexibility index (Phi) is 2.60. The van der Waals surface area contributed by atoms with E-state index >= 15 is 0 Å². The van der Waals surface area contributed by atoms with Crippen molar-refractivity contribution in [2.75, 3.05) is 6.61 Å².